The average molecular weight is 512 g/mol. The summed E-state index contributed by atoms with van der Waals surface area (Å²) >= 11 is 0. The average Bonchev–Trinajstić information content (AvgIpc) is 3.43. The molecule has 2 amide bonds. The van der Waals surface area contributed by atoms with Crippen LogP contribution in [-0.2, 0) is 24.7 Å². The fourth-order valence-corrected chi connectivity index (χ4v) is 5.72. The van der Waals surface area contributed by atoms with Crippen LogP contribution < -0.4 is 15.1 Å². The van der Waals surface area contributed by atoms with Crippen molar-refractivity contribution >= 4 is 34.9 Å². The van der Waals surface area contributed by atoms with Crippen LogP contribution in [0.1, 0.15) is 34.5 Å². The van der Waals surface area contributed by atoms with Gasteiger partial charge in [0.25, 0.3) is 0 Å². The zero-order valence-corrected chi connectivity index (χ0v) is 21.7. The molecule has 2 heterocycles. The van der Waals surface area contributed by atoms with Crippen LogP contribution in [-0.4, -0.2) is 44.8 Å². The van der Waals surface area contributed by atoms with E-state index >= 15 is 0 Å². The molecule has 0 spiro atoms. The third kappa shape index (κ3) is 3.80. The Morgan fingerprint density at radius 2 is 1.61 bits per heavy atom. The molecule has 8 heteroatoms. The van der Waals surface area contributed by atoms with Gasteiger partial charge >= 0.3 is 5.97 Å². The number of Topliss-reactive ketones (excluding diaryl/α,β-unsaturated/α-hetero) is 1. The Morgan fingerprint density at radius 1 is 0.921 bits per heavy atom. The summed E-state index contributed by atoms with van der Waals surface area (Å²) in [6.07, 6.45) is 0. The number of imide groups is 1. The van der Waals surface area contributed by atoms with Crippen molar-refractivity contribution in [1.82, 2.24) is 5.32 Å². The summed E-state index contributed by atoms with van der Waals surface area (Å²) in [5, 5.41) is 3.39. The SMILES string of the molecule is COC(=O)[C@]1(c2ccccc2)N[C@@H](c2ccc(N(C)C)cc2)[C@@H]2C(=O)N(c3cccc(C(C)=O)c3)C(=O)[C@H]21. The van der Waals surface area contributed by atoms with Crippen molar-refractivity contribution in [2.75, 3.05) is 31.0 Å². The summed E-state index contributed by atoms with van der Waals surface area (Å²) in [5.74, 6) is -3.73. The lowest BCUT2D eigenvalue weighted by Crippen LogP contribution is -2.53. The van der Waals surface area contributed by atoms with Crippen molar-refractivity contribution in [1.29, 1.82) is 0 Å². The lowest BCUT2D eigenvalue weighted by atomic mass is 9.75. The van der Waals surface area contributed by atoms with Gasteiger partial charge in [0.05, 0.1) is 24.6 Å². The summed E-state index contributed by atoms with van der Waals surface area (Å²) in [6, 6.07) is 22.4. The van der Waals surface area contributed by atoms with Crippen molar-refractivity contribution in [2.45, 2.75) is 18.5 Å². The topological polar surface area (TPSA) is 96.0 Å². The number of ether oxygens (including phenoxy) is 1. The van der Waals surface area contributed by atoms with Gasteiger partial charge in [-0.3, -0.25) is 19.7 Å². The molecule has 0 unspecified atom stereocenters. The quantitative estimate of drug-likeness (QED) is 0.308. The molecule has 4 atom stereocenters. The van der Waals surface area contributed by atoms with Crippen LogP contribution in [0.25, 0.3) is 0 Å². The lowest BCUT2D eigenvalue weighted by molar-refractivity contribution is -0.152. The van der Waals surface area contributed by atoms with Crippen LogP contribution in [0.5, 0.6) is 0 Å². The summed E-state index contributed by atoms with van der Waals surface area (Å²) < 4.78 is 5.28. The van der Waals surface area contributed by atoms with Gasteiger partial charge in [-0.1, -0.05) is 54.6 Å². The maximum atomic E-state index is 14.2. The van der Waals surface area contributed by atoms with Gasteiger partial charge in [0.1, 0.15) is 0 Å². The molecule has 2 fully saturated rings. The molecule has 3 aromatic rings. The van der Waals surface area contributed by atoms with E-state index in [2.05, 4.69) is 5.32 Å². The Morgan fingerprint density at radius 3 is 2.21 bits per heavy atom. The minimum absolute atomic E-state index is 0.181. The number of nitrogens with zero attached hydrogens (tertiary/aromatic N) is 2. The molecule has 5 rings (SSSR count). The second-order valence-corrected chi connectivity index (χ2v) is 9.90. The van der Waals surface area contributed by atoms with E-state index in [-0.39, 0.29) is 5.78 Å². The van der Waals surface area contributed by atoms with E-state index in [0.29, 0.717) is 16.8 Å². The van der Waals surface area contributed by atoms with Gasteiger partial charge in [-0.15, -0.1) is 0 Å². The fourth-order valence-electron chi connectivity index (χ4n) is 5.72. The number of anilines is 2. The Balaban J connectivity index is 1.70. The molecule has 0 saturated carbocycles. The highest BCUT2D eigenvalue weighted by Crippen LogP contribution is 2.54. The maximum Gasteiger partial charge on any atom is 0.331 e. The van der Waals surface area contributed by atoms with Gasteiger partial charge in [-0.05, 0) is 42.3 Å². The number of nitrogens with one attached hydrogen (secondary N) is 1. The minimum Gasteiger partial charge on any atom is -0.467 e. The van der Waals surface area contributed by atoms with Crippen LogP contribution >= 0.6 is 0 Å². The van der Waals surface area contributed by atoms with E-state index in [0.717, 1.165) is 16.2 Å². The maximum absolute atomic E-state index is 14.2. The first-order valence-electron chi connectivity index (χ1n) is 12.4. The predicted octanol–water partition coefficient (Wildman–Crippen LogP) is 3.47. The van der Waals surface area contributed by atoms with Crippen LogP contribution in [0.2, 0.25) is 0 Å². The van der Waals surface area contributed by atoms with E-state index in [1.165, 1.54) is 20.1 Å². The van der Waals surface area contributed by atoms with Crippen LogP contribution in [0, 0.1) is 11.8 Å². The molecule has 8 nitrogen and oxygen atoms in total. The highest BCUT2D eigenvalue weighted by Gasteiger charge is 2.69. The largest absolute Gasteiger partial charge is 0.467 e. The highest BCUT2D eigenvalue weighted by molar-refractivity contribution is 6.24. The lowest BCUT2D eigenvalue weighted by Gasteiger charge is -2.33. The highest BCUT2D eigenvalue weighted by atomic mass is 16.5. The second kappa shape index (κ2) is 9.54. The number of rotatable bonds is 6. The smallest absolute Gasteiger partial charge is 0.331 e. The summed E-state index contributed by atoms with van der Waals surface area (Å²) in [5.41, 5.74) is 1.38. The van der Waals surface area contributed by atoms with Crippen LogP contribution in [0.15, 0.2) is 78.9 Å². The molecule has 2 aliphatic rings. The molecule has 38 heavy (non-hydrogen) atoms. The zero-order chi connectivity index (χ0) is 27.2. The number of hydrogen-bond acceptors (Lipinski definition) is 7. The first-order valence-corrected chi connectivity index (χ1v) is 12.4. The Labute approximate surface area is 221 Å². The molecule has 0 bridgehead atoms. The van der Waals surface area contributed by atoms with E-state index < -0.39 is 41.2 Å². The van der Waals surface area contributed by atoms with Gasteiger partial charge in [-0.25, -0.2) is 9.69 Å². The zero-order valence-electron chi connectivity index (χ0n) is 21.7. The van der Waals surface area contributed by atoms with Gasteiger partial charge in [0.2, 0.25) is 11.8 Å². The number of carbonyl (C=O) groups is 4. The number of esters is 1. The van der Waals surface area contributed by atoms with Gasteiger partial charge in [0, 0.05) is 31.4 Å². The summed E-state index contributed by atoms with van der Waals surface area (Å²) in [4.78, 5) is 57.0. The Hall–Kier alpha value is -4.30. The van der Waals surface area contributed by atoms with Crippen LogP contribution in [0.4, 0.5) is 11.4 Å². The molecule has 2 saturated heterocycles. The molecule has 0 aliphatic carbocycles. The molecule has 194 valence electrons. The van der Waals surface area contributed by atoms with E-state index in [4.69, 9.17) is 4.74 Å². The van der Waals surface area contributed by atoms with Crippen molar-refractivity contribution in [3.63, 3.8) is 0 Å². The molecular formula is C30H29N3O5. The standard InChI is InChI=1S/C30H29N3O5/c1-18(34)20-9-8-12-23(17-20)33-27(35)24-25(28(33)36)30(29(37)38-4,21-10-6-5-7-11-21)31-26(24)19-13-15-22(16-14-19)32(2)3/h5-17,24-26,31H,1-4H3/t24-,25+,26+,30-/m1/s1. The molecular weight excluding hydrogens is 482 g/mol. The van der Waals surface area contributed by atoms with Crippen molar-refractivity contribution in [3.8, 4) is 0 Å². The number of fused-ring (bicyclic) bond motifs is 1. The number of amides is 2. The van der Waals surface area contributed by atoms with Crippen molar-refractivity contribution in [2.24, 2.45) is 11.8 Å². The van der Waals surface area contributed by atoms with E-state index in [9.17, 15) is 19.2 Å². The summed E-state index contributed by atoms with van der Waals surface area (Å²) in [7, 11) is 5.14. The Kier molecular flexibility index (Phi) is 6.36. The Bertz CT molecular complexity index is 1420. The first-order chi connectivity index (χ1) is 18.2. The van der Waals surface area contributed by atoms with Gasteiger partial charge in [0.15, 0.2) is 11.3 Å². The van der Waals surface area contributed by atoms with Gasteiger partial charge in [-0.2, -0.15) is 0 Å². The number of benzene rings is 3. The van der Waals surface area contributed by atoms with E-state index in [1.54, 1.807) is 42.5 Å². The minimum atomic E-state index is -1.59. The number of carbonyl (C=O) groups excluding carboxylic acids is 4. The molecule has 0 aromatic heterocycles. The molecule has 2 aliphatic heterocycles. The monoisotopic (exact) mass is 511 g/mol. The number of ketones is 1. The molecule has 0 radical (unpaired) electrons. The van der Waals surface area contributed by atoms with Crippen molar-refractivity contribution in [3.05, 3.63) is 95.6 Å². The molecule has 3 aromatic carbocycles. The first kappa shape index (κ1) is 25.4. The fraction of sp³-hybridized carbons (Fsp3) is 0.267. The summed E-state index contributed by atoms with van der Waals surface area (Å²) in [6.45, 7) is 1.43. The normalized spacial score (nSPS) is 24.3. The number of methoxy groups -OCH3 is 1. The second-order valence-electron chi connectivity index (χ2n) is 9.90. The van der Waals surface area contributed by atoms with Gasteiger partial charge < -0.3 is 9.64 Å². The van der Waals surface area contributed by atoms with Crippen LogP contribution in [0.3, 0.4) is 0 Å². The third-order valence-corrected chi connectivity index (χ3v) is 7.58. The van der Waals surface area contributed by atoms with Crippen molar-refractivity contribution < 1.29 is 23.9 Å². The third-order valence-electron chi connectivity index (χ3n) is 7.58. The molecule has 1 N–H and O–H groups in total. The number of hydrogen-bond donors (Lipinski definition) is 1. The van der Waals surface area contributed by atoms with E-state index in [1.807, 2.05) is 49.3 Å². The predicted molar refractivity (Wildman–Crippen MR) is 143 cm³/mol.